The maximum absolute atomic E-state index is 12.6. The van der Waals surface area contributed by atoms with Crippen LogP contribution in [0.1, 0.15) is 296 Å². The van der Waals surface area contributed by atoms with Crippen molar-refractivity contribution in [2.24, 2.45) is 0 Å². The van der Waals surface area contributed by atoms with E-state index in [-0.39, 0.29) is 0 Å². The predicted molar refractivity (Wildman–Crippen MR) is 297 cm³/mol. The van der Waals surface area contributed by atoms with E-state index in [1.807, 2.05) is 0 Å². The largest absolute Gasteiger partial charge is 0.394 e. The first-order valence-electron chi connectivity index (χ1n) is 29.7. The normalized spacial score (nSPS) is 14.1. The number of carbonyl (C=O) groups is 1. The quantitative estimate of drug-likeness (QED) is 0.0308. The molecule has 0 aliphatic heterocycles. The lowest BCUT2D eigenvalue weighted by atomic mass is 10.00. The fourth-order valence-electron chi connectivity index (χ4n) is 9.00. The second-order valence-electron chi connectivity index (χ2n) is 20.3. The number of amides is 1. The topological polar surface area (TPSA) is 110 Å². The van der Waals surface area contributed by atoms with Crippen LogP contribution in [0.4, 0.5) is 0 Å². The van der Waals surface area contributed by atoms with Crippen molar-refractivity contribution in [2.75, 3.05) is 6.61 Å². The van der Waals surface area contributed by atoms with Gasteiger partial charge in [-0.05, 0) is 96.3 Å². The summed E-state index contributed by atoms with van der Waals surface area (Å²) in [6.45, 7) is 4.06. The lowest BCUT2D eigenvalue weighted by molar-refractivity contribution is -0.132. The summed E-state index contributed by atoms with van der Waals surface area (Å²) in [7, 11) is 0. The Hall–Kier alpha value is -1.99. The van der Waals surface area contributed by atoms with Crippen molar-refractivity contribution < 1.29 is 25.2 Å². The molecule has 0 heterocycles. The third-order valence-electron chi connectivity index (χ3n) is 13.7. The van der Waals surface area contributed by atoms with E-state index in [9.17, 15) is 25.2 Å². The van der Waals surface area contributed by atoms with E-state index in [0.29, 0.717) is 19.3 Å². The zero-order valence-electron chi connectivity index (χ0n) is 45.1. The van der Waals surface area contributed by atoms with Crippen molar-refractivity contribution in [3.8, 4) is 0 Å². The van der Waals surface area contributed by atoms with Gasteiger partial charge < -0.3 is 25.7 Å². The van der Waals surface area contributed by atoms with Crippen LogP contribution < -0.4 is 5.32 Å². The summed E-state index contributed by atoms with van der Waals surface area (Å²) < 4.78 is 0. The SMILES string of the molecule is CCCCCCCCCCC/C=C\C/C=C\CCCCCCCCCCCCCCC(O)C(=O)NC(CO)C(O)C(O)CCC/C=C/CC/C=C/CC/C=C/CCCCCCCCCCCCC. The van der Waals surface area contributed by atoms with Gasteiger partial charge in [0, 0.05) is 0 Å². The minimum atomic E-state index is -1.30. The first kappa shape index (κ1) is 66.0. The van der Waals surface area contributed by atoms with Gasteiger partial charge in [-0.2, -0.15) is 0 Å². The maximum atomic E-state index is 12.6. The number of hydrogen-bond acceptors (Lipinski definition) is 5. The van der Waals surface area contributed by atoms with E-state index in [2.05, 4.69) is 79.9 Å². The first-order chi connectivity index (χ1) is 33.5. The minimum Gasteiger partial charge on any atom is -0.394 e. The number of unbranched alkanes of at least 4 members (excludes halogenated alkanes) is 35. The zero-order valence-corrected chi connectivity index (χ0v) is 45.1. The van der Waals surface area contributed by atoms with Crippen LogP contribution >= 0.6 is 0 Å². The Labute approximate surface area is 422 Å². The van der Waals surface area contributed by atoms with Gasteiger partial charge in [-0.25, -0.2) is 0 Å². The molecule has 0 aliphatic rings. The van der Waals surface area contributed by atoms with E-state index in [0.717, 1.165) is 57.8 Å². The summed E-state index contributed by atoms with van der Waals surface area (Å²) in [5.74, 6) is -0.600. The van der Waals surface area contributed by atoms with Crippen LogP contribution in [0.2, 0.25) is 0 Å². The molecule has 0 aromatic carbocycles. The van der Waals surface area contributed by atoms with Gasteiger partial charge in [0.25, 0.3) is 0 Å². The van der Waals surface area contributed by atoms with Gasteiger partial charge in [0.1, 0.15) is 12.2 Å². The van der Waals surface area contributed by atoms with Crippen LogP contribution in [0.25, 0.3) is 0 Å². The molecule has 0 aliphatic carbocycles. The molecule has 0 bridgehead atoms. The van der Waals surface area contributed by atoms with Crippen molar-refractivity contribution in [2.45, 2.75) is 321 Å². The molecule has 68 heavy (non-hydrogen) atoms. The summed E-state index contributed by atoms with van der Waals surface area (Å²) in [5, 5.41) is 44.0. The van der Waals surface area contributed by atoms with Crippen LogP contribution in [-0.4, -0.2) is 57.3 Å². The molecule has 398 valence electrons. The van der Waals surface area contributed by atoms with Crippen molar-refractivity contribution in [3.63, 3.8) is 0 Å². The minimum absolute atomic E-state index is 0.355. The highest BCUT2D eigenvalue weighted by molar-refractivity contribution is 5.80. The van der Waals surface area contributed by atoms with E-state index in [1.54, 1.807) is 0 Å². The van der Waals surface area contributed by atoms with E-state index in [4.69, 9.17) is 0 Å². The lowest BCUT2D eigenvalue weighted by Gasteiger charge is -2.27. The van der Waals surface area contributed by atoms with Crippen LogP contribution in [0.5, 0.6) is 0 Å². The summed E-state index contributed by atoms with van der Waals surface area (Å²) in [5.41, 5.74) is 0. The van der Waals surface area contributed by atoms with Gasteiger partial charge in [0.15, 0.2) is 0 Å². The molecule has 0 aromatic rings. The fraction of sp³-hybridized carbons (Fsp3) is 0.823. The van der Waals surface area contributed by atoms with Crippen LogP contribution in [0.15, 0.2) is 60.8 Å². The van der Waals surface area contributed by atoms with Crippen molar-refractivity contribution >= 4 is 5.91 Å². The Morgan fingerprint density at radius 3 is 1.01 bits per heavy atom. The standard InChI is InChI=1S/C62H115NO5/c1-3-5-7-9-11-13-15-17-19-21-23-25-27-29-30-31-32-34-36-38-40-42-44-46-48-50-52-54-56-60(66)62(68)63-58(57-64)61(67)59(65)55-53-51-49-47-45-43-41-39-37-35-33-28-26-24-22-20-18-16-14-12-10-8-6-4-2/h23,25,28-30,33,39,41,47,49,58-61,64-67H,3-22,24,26-27,31-32,34-38,40,42-46,48,50-57H2,1-2H3,(H,63,68)/b25-23-,30-29-,33-28+,41-39+,49-47+. The molecule has 0 radical (unpaired) electrons. The summed E-state index contributed by atoms with van der Waals surface area (Å²) in [6.07, 6.45) is 72.9. The van der Waals surface area contributed by atoms with E-state index in [1.165, 1.54) is 205 Å². The van der Waals surface area contributed by atoms with Gasteiger partial charge in [-0.3, -0.25) is 4.79 Å². The smallest absolute Gasteiger partial charge is 0.249 e. The number of aliphatic hydroxyl groups is 4. The second-order valence-corrected chi connectivity index (χ2v) is 20.3. The number of carbonyl (C=O) groups excluding carboxylic acids is 1. The van der Waals surface area contributed by atoms with Crippen molar-refractivity contribution in [1.29, 1.82) is 0 Å². The molecule has 0 spiro atoms. The Morgan fingerprint density at radius 1 is 0.368 bits per heavy atom. The van der Waals surface area contributed by atoms with E-state index < -0.39 is 36.9 Å². The molecule has 6 heteroatoms. The molecule has 0 saturated carbocycles. The lowest BCUT2D eigenvalue weighted by Crippen LogP contribution is -2.53. The number of rotatable bonds is 54. The highest BCUT2D eigenvalue weighted by atomic mass is 16.3. The third kappa shape index (κ3) is 49.0. The third-order valence-corrected chi connectivity index (χ3v) is 13.7. The average molecular weight is 955 g/mol. The Morgan fingerprint density at radius 2 is 0.662 bits per heavy atom. The van der Waals surface area contributed by atoms with Crippen molar-refractivity contribution in [3.05, 3.63) is 60.8 Å². The maximum Gasteiger partial charge on any atom is 0.249 e. The molecule has 0 fully saturated rings. The Kier molecular flexibility index (Phi) is 54.3. The van der Waals surface area contributed by atoms with Crippen molar-refractivity contribution in [1.82, 2.24) is 5.32 Å². The highest BCUT2D eigenvalue weighted by Gasteiger charge is 2.28. The summed E-state index contributed by atoms with van der Waals surface area (Å²) in [6, 6.07) is -1.02. The zero-order chi connectivity index (χ0) is 49.5. The predicted octanol–water partition coefficient (Wildman–Crippen LogP) is 17.5. The molecule has 0 rings (SSSR count). The Bertz CT molecular complexity index is 1160. The van der Waals surface area contributed by atoms with Gasteiger partial charge in [-0.1, -0.05) is 261 Å². The highest BCUT2D eigenvalue weighted by Crippen LogP contribution is 2.17. The number of nitrogens with one attached hydrogen (secondary N) is 1. The number of aliphatic hydroxyl groups excluding tert-OH is 4. The average Bonchev–Trinajstić information content (AvgIpc) is 3.34. The second kappa shape index (κ2) is 55.9. The van der Waals surface area contributed by atoms with E-state index >= 15 is 0 Å². The Balaban J connectivity index is 3.70. The first-order valence-corrected chi connectivity index (χ1v) is 29.7. The fourth-order valence-corrected chi connectivity index (χ4v) is 9.00. The number of allylic oxidation sites excluding steroid dienone is 10. The molecule has 1 amide bonds. The molecular formula is C62H115NO5. The van der Waals surface area contributed by atoms with Gasteiger partial charge >= 0.3 is 0 Å². The van der Waals surface area contributed by atoms with Gasteiger partial charge in [0.05, 0.1) is 18.8 Å². The molecular weight excluding hydrogens is 839 g/mol. The van der Waals surface area contributed by atoms with Crippen LogP contribution in [0.3, 0.4) is 0 Å². The molecule has 6 nitrogen and oxygen atoms in total. The monoisotopic (exact) mass is 954 g/mol. The van der Waals surface area contributed by atoms with Crippen LogP contribution in [-0.2, 0) is 4.79 Å². The molecule has 4 atom stereocenters. The van der Waals surface area contributed by atoms with Gasteiger partial charge in [-0.15, -0.1) is 0 Å². The molecule has 5 N–H and O–H groups in total. The summed E-state index contributed by atoms with van der Waals surface area (Å²) in [4.78, 5) is 12.6. The molecule has 4 unspecified atom stereocenters. The number of hydrogen-bond donors (Lipinski definition) is 5. The molecule has 0 saturated heterocycles. The van der Waals surface area contributed by atoms with Gasteiger partial charge in [0.2, 0.25) is 5.91 Å². The van der Waals surface area contributed by atoms with Crippen LogP contribution in [0, 0.1) is 0 Å². The summed E-state index contributed by atoms with van der Waals surface area (Å²) >= 11 is 0. The molecule has 0 aromatic heterocycles.